The quantitative estimate of drug-likeness (QED) is 0.123. The minimum Gasteiger partial charge on any atom is -0.454 e. The van der Waals surface area contributed by atoms with Gasteiger partial charge >= 0.3 is 0 Å². The molecule has 0 spiro atoms. The van der Waals surface area contributed by atoms with Crippen LogP contribution in [0.2, 0.25) is 0 Å². The number of ether oxygens (including phenoxy) is 2. The fraction of sp³-hybridized carbons (Fsp3) is 0.156. The van der Waals surface area contributed by atoms with Gasteiger partial charge in [-0.05, 0) is 73.5 Å². The molecule has 1 aliphatic rings. The highest BCUT2D eigenvalue weighted by Gasteiger charge is 2.18. The van der Waals surface area contributed by atoms with Crippen LogP contribution in [0.3, 0.4) is 0 Å². The maximum Gasteiger partial charge on any atom is 0.261 e. The Hall–Kier alpha value is -5.91. The number of fused-ring (bicyclic) bond motifs is 1. The summed E-state index contributed by atoms with van der Waals surface area (Å²) in [6.45, 7) is 7.12. The van der Waals surface area contributed by atoms with Crippen molar-refractivity contribution in [1.82, 2.24) is 9.97 Å². The van der Waals surface area contributed by atoms with Crippen molar-refractivity contribution in [3.63, 3.8) is 0 Å². The number of rotatable bonds is 9. The Balaban J connectivity index is 0.00000104. The third-order valence-corrected chi connectivity index (χ3v) is 6.51. The van der Waals surface area contributed by atoms with Gasteiger partial charge in [0.2, 0.25) is 12.7 Å². The lowest BCUT2D eigenvalue weighted by Crippen LogP contribution is -2.17. The Bertz CT molecular complexity index is 1700. The van der Waals surface area contributed by atoms with E-state index in [1.54, 1.807) is 37.4 Å². The van der Waals surface area contributed by atoms with Gasteiger partial charge in [0.05, 0.1) is 0 Å². The van der Waals surface area contributed by atoms with Crippen molar-refractivity contribution >= 4 is 52.6 Å². The molecule has 0 unspecified atom stereocenters. The summed E-state index contributed by atoms with van der Waals surface area (Å²) in [6, 6.07) is 16.1. The van der Waals surface area contributed by atoms with Gasteiger partial charge in [0, 0.05) is 48.6 Å². The normalized spacial score (nSPS) is 10.9. The minimum absolute atomic E-state index is 0.130. The highest BCUT2D eigenvalue weighted by molar-refractivity contribution is 6.09. The first-order valence-electron chi connectivity index (χ1n) is 13.6. The van der Waals surface area contributed by atoms with Gasteiger partial charge < -0.3 is 36.1 Å². The second-order valence-corrected chi connectivity index (χ2v) is 9.49. The summed E-state index contributed by atoms with van der Waals surface area (Å²) in [4.78, 5) is 43.9. The molecule has 4 aromatic rings. The smallest absolute Gasteiger partial charge is 0.261 e. The number of hydrogen-bond acceptors (Lipinski definition) is 10. The number of carbonyl (C=O) groups excluding carboxylic acids is 3. The lowest BCUT2D eigenvalue weighted by atomic mass is 10.1. The van der Waals surface area contributed by atoms with Crippen molar-refractivity contribution in [3.8, 4) is 11.5 Å². The number of anilines is 6. The van der Waals surface area contributed by atoms with Crippen LogP contribution in [0.4, 0.5) is 34.5 Å². The number of aldehydes is 1. The van der Waals surface area contributed by atoms with E-state index in [4.69, 9.17) is 14.3 Å². The second kappa shape index (κ2) is 14.3. The van der Waals surface area contributed by atoms with E-state index >= 15 is 0 Å². The molecule has 2 amide bonds. The Kier molecular flexibility index (Phi) is 10.1. The third kappa shape index (κ3) is 7.48. The maximum absolute atomic E-state index is 13.2. The highest BCUT2D eigenvalue weighted by Crippen LogP contribution is 2.33. The van der Waals surface area contributed by atoms with Crippen LogP contribution in [-0.4, -0.2) is 49.0 Å². The number of benzene rings is 3. The van der Waals surface area contributed by atoms with E-state index in [0.717, 1.165) is 22.5 Å². The van der Waals surface area contributed by atoms with Crippen molar-refractivity contribution < 1.29 is 23.9 Å². The molecule has 5 N–H and O–H groups in total. The molecular weight excluding hydrogens is 562 g/mol. The molecule has 0 saturated carbocycles. The fourth-order valence-corrected chi connectivity index (χ4v) is 4.16. The van der Waals surface area contributed by atoms with Crippen LogP contribution >= 0.6 is 0 Å². The summed E-state index contributed by atoms with van der Waals surface area (Å²) in [6.07, 6.45) is 3.30. The molecule has 0 radical (unpaired) electrons. The summed E-state index contributed by atoms with van der Waals surface area (Å²) in [7, 11) is 3.55. The zero-order valence-corrected chi connectivity index (χ0v) is 24.8. The van der Waals surface area contributed by atoms with E-state index in [0.29, 0.717) is 46.5 Å². The molecule has 0 atom stereocenters. The van der Waals surface area contributed by atoms with Crippen LogP contribution in [0.25, 0.3) is 0 Å². The van der Waals surface area contributed by atoms with E-state index in [9.17, 15) is 9.59 Å². The Labute approximate surface area is 254 Å². The molecule has 5 rings (SSSR count). The molecule has 0 fully saturated rings. The van der Waals surface area contributed by atoms with Crippen molar-refractivity contribution in [1.29, 1.82) is 0 Å². The largest absolute Gasteiger partial charge is 0.454 e. The van der Waals surface area contributed by atoms with Crippen LogP contribution in [0.1, 0.15) is 31.8 Å². The van der Waals surface area contributed by atoms with Crippen LogP contribution in [-0.2, 0) is 4.79 Å². The van der Waals surface area contributed by atoms with Gasteiger partial charge in [-0.15, -0.1) is 0 Å². The summed E-state index contributed by atoms with van der Waals surface area (Å²) < 4.78 is 10.7. The van der Waals surface area contributed by atoms with Crippen molar-refractivity contribution in [2.45, 2.75) is 13.8 Å². The topological polar surface area (TPSA) is 156 Å². The zero-order chi connectivity index (χ0) is 31.6. The molecule has 1 aromatic heterocycles. The van der Waals surface area contributed by atoms with Crippen LogP contribution < -0.4 is 36.1 Å². The van der Waals surface area contributed by atoms with E-state index in [1.807, 2.05) is 45.2 Å². The number of carbonyl (C=O) groups is 3. The first-order chi connectivity index (χ1) is 21.3. The van der Waals surface area contributed by atoms with Crippen LogP contribution in [0.5, 0.6) is 11.5 Å². The van der Waals surface area contributed by atoms with E-state index in [-0.39, 0.29) is 18.3 Å². The maximum atomic E-state index is 13.2. The third-order valence-electron chi connectivity index (χ3n) is 6.51. The second-order valence-electron chi connectivity index (χ2n) is 9.49. The molecule has 12 heteroatoms. The molecular formula is C32H33N7O5. The molecule has 0 saturated heterocycles. The number of nitrogens with zero attached hydrogens (tertiary/aromatic N) is 2. The molecule has 226 valence electrons. The van der Waals surface area contributed by atoms with Gasteiger partial charge in [-0.25, -0.2) is 4.98 Å². The van der Waals surface area contributed by atoms with Crippen molar-refractivity contribution in [3.05, 3.63) is 95.7 Å². The summed E-state index contributed by atoms with van der Waals surface area (Å²) in [5.41, 5.74) is 5.48. The standard InChI is InChI=1S/C29H29N7O4.C3H4O/c1-16-5-9-20(12-22(16)30-3)34-29-32-14-21(26(31-4)36-29)28(38)35-23-13-19(8-6-17(23)2)33-27(37)18-7-10-24-25(11-18)40-15-39-24;1-2-3-4/h5-14,30H,15H2,1-4H3,(H,33,37)(H,35,38)(H2,31,32,34,36);2-3H,1H2. The Morgan fingerprint density at radius 3 is 2.23 bits per heavy atom. The average molecular weight is 596 g/mol. The molecule has 2 heterocycles. The van der Waals surface area contributed by atoms with E-state index in [1.165, 1.54) is 12.3 Å². The van der Waals surface area contributed by atoms with Crippen LogP contribution in [0, 0.1) is 13.8 Å². The van der Waals surface area contributed by atoms with Crippen molar-refractivity contribution in [2.75, 3.05) is 47.5 Å². The number of aryl methyl sites for hydroxylation is 2. The van der Waals surface area contributed by atoms with E-state index < -0.39 is 5.91 Å². The van der Waals surface area contributed by atoms with Gasteiger partial charge in [-0.2, -0.15) is 4.98 Å². The zero-order valence-electron chi connectivity index (χ0n) is 24.8. The molecule has 0 aliphatic carbocycles. The highest BCUT2D eigenvalue weighted by atomic mass is 16.7. The van der Waals surface area contributed by atoms with E-state index in [2.05, 4.69) is 43.1 Å². The van der Waals surface area contributed by atoms with Crippen molar-refractivity contribution in [2.24, 2.45) is 0 Å². The number of aromatic nitrogens is 2. The Morgan fingerprint density at radius 2 is 1.52 bits per heavy atom. The predicted molar refractivity (Wildman–Crippen MR) is 171 cm³/mol. The summed E-state index contributed by atoms with van der Waals surface area (Å²) >= 11 is 0. The Morgan fingerprint density at radius 1 is 0.841 bits per heavy atom. The van der Waals surface area contributed by atoms with Gasteiger partial charge in [-0.3, -0.25) is 14.4 Å². The average Bonchev–Trinajstić information content (AvgIpc) is 3.51. The monoisotopic (exact) mass is 595 g/mol. The van der Waals surface area contributed by atoms with Gasteiger partial charge in [0.25, 0.3) is 11.8 Å². The number of allylic oxidation sites excluding steroid dienone is 1. The van der Waals surface area contributed by atoms with Crippen LogP contribution in [0.15, 0.2) is 73.4 Å². The molecule has 3 aromatic carbocycles. The fourth-order valence-electron chi connectivity index (χ4n) is 4.16. The van der Waals surface area contributed by atoms with Gasteiger partial charge in [0.1, 0.15) is 17.7 Å². The summed E-state index contributed by atoms with van der Waals surface area (Å²) in [5, 5.41) is 15.0. The molecule has 44 heavy (non-hydrogen) atoms. The van der Waals surface area contributed by atoms with Gasteiger partial charge in [0.15, 0.2) is 11.5 Å². The minimum atomic E-state index is -0.397. The predicted octanol–water partition coefficient (Wildman–Crippen LogP) is 5.53. The number of amides is 2. The SMILES string of the molecule is C=CC=O.CNc1cc(Nc2ncc(C(=O)Nc3cc(NC(=O)c4ccc5c(c4)OCO5)ccc3C)c(NC)n2)ccc1C. The molecule has 0 bridgehead atoms. The molecule has 12 nitrogen and oxygen atoms in total. The first kappa shape index (κ1) is 31.0. The number of nitrogens with one attached hydrogen (secondary N) is 5. The number of hydrogen-bond donors (Lipinski definition) is 5. The molecule has 1 aliphatic heterocycles. The first-order valence-corrected chi connectivity index (χ1v) is 13.6. The lowest BCUT2D eigenvalue weighted by Gasteiger charge is -2.14. The summed E-state index contributed by atoms with van der Waals surface area (Å²) in [5.74, 6) is 1.12. The lowest BCUT2D eigenvalue weighted by molar-refractivity contribution is -0.104. The van der Waals surface area contributed by atoms with Gasteiger partial charge in [-0.1, -0.05) is 18.7 Å².